The summed E-state index contributed by atoms with van der Waals surface area (Å²) in [5, 5.41) is 78.7. The zero-order valence-corrected chi connectivity index (χ0v) is 41.0. The number of rotatable bonds is 21. The van der Waals surface area contributed by atoms with Crippen molar-refractivity contribution in [3.8, 4) is 0 Å². The molecule has 1 saturated carbocycles. The van der Waals surface area contributed by atoms with Crippen LogP contribution in [0, 0.1) is 11.8 Å². The molecule has 17 heteroatoms. The molecule has 1 aliphatic heterocycles. The fraction of sp³-hybridized carbons (Fsp3) is 0.667. The summed E-state index contributed by atoms with van der Waals surface area (Å²) in [6.07, 6.45) is 18.4. The number of unbranched alkanes of at least 4 members (excludes halogenated alkanes) is 2. The van der Waals surface area contributed by atoms with Crippen LogP contribution in [0.3, 0.4) is 0 Å². The highest BCUT2D eigenvalue weighted by molar-refractivity contribution is 7.47. The van der Waals surface area contributed by atoms with Crippen molar-refractivity contribution in [3.63, 3.8) is 0 Å². The Morgan fingerprint density at radius 3 is 1.91 bits per heavy atom. The number of aliphatic hydroxyl groups is 7. The van der Waals surface area contributed by atoms with Gasteiger partial charge in [0.1, 0.15) is 36.8 Å². The van der Waals surface area contributed by atoms with Gasteiger partial charge in [0.15, 0.2) is 6.10 Å². The number of carbonyl (C=O) groups excluding carboxylic acids is 3. The van der Waals surface area contributed by atoms with Gasteiger partial charge in [-0.15, -0.1) is 0 Å². The molecule has 0 aromatic heterocycles. The molecule has 1 saturated heterocycles. The Morgan fingerprint density at radius 2 is 1.31 bits per heavy atom. The second-order valence-electron chi connectivity index (χ2n) is 17.4. The van der Waals surface area contributed by atoms with Crippen molar-refractivity contribution >= 4 is 25.5 Å². The Morgan fingerprint density at radius 1 is 0.735 bits per heavy atom. The van der Waals surface area contributed by atoms with Gasteiger partial charge in [0.2, 0.25) is 0 Å². The van der Waals surface area contributed by atoms with E-state index < -0.39 is 112 Å². The van der Waals surface area contributed by atoms with Crippen LogP contribution in [0.4, 0.5) is 0 Å². The first kappa shape index (κ1) is 60.7. The van der Waals surface area contributed by atoms with E-state index in [1.807, 2.05) is 25.2 Å². The number of fused-ring (bicyclic) bond motifs is 4. The van der Waals surface area contributed by atoms with Crippen LogP contribution < -0.4 is 0 Å². The quantitative estimate of drug-likeness (QED) is 0.0259. The Bertz CT molecular complexity index is 1690. The van der Waals surface area contributed by atoms with Crippen LogP contribution in [0.5, 0.6) is 0 Å². The number of phosphoric acid groups is 1. The van der Waals surface area contributed by atoms with Gasteiger partial charge in [-0.25, -0.2) is 4.57 Å². The number of aliphatic hydroxyl groups excluding tert-OH is 7. The van der Waals surface area contributed by atoms with Crippen LogP contribution in [-0.2, 0) is 37.5 Å². The number of hydrogen-bond acceptors (Lipinski definition) is 15. The van der Waals surface area contributed by atoms with E-state index in [1.54, 1.807) is 6.08 Å². The summed E-state index contributed by atoms with van der Waals surface area (Å²) in [6.45, 7) is 2.64. The van der Waals surface area contributed by atoms with E-state index in [2.05, 4.69) is 55.5 Å². The first-order chi connectivity index (χ1) is 32.6. The fourth-order valence-corrected chi connectivity index (χ4v) is 8.61. The zero-order chi connectivity index (χ0) is 50.2. The van der Waals surface area contributed by atoms with Gasteiger partial charge >= 0.3 is 19.8 Å². The van der Waals surface area contributed by atoms with E-state index in [4.69, 9.17) is 18.5 Å². The highest BCUT2D eigenvalue weighted by Gasteiger charge is 2.49. The molecular formula is C51H81O16P. The number of esters is 2. The second-order valence-corrected chi connectivity index (χ2v) is 18.8. The van der Waals surface area contributed by atoms with Crippen LogP contribution in [0.15, 0.2) is 85.1 Å². The second kappa shape index (κ2) is 35.7. The summed E-state index contributed by atoms with van der Waals surface area (Å²) in [5.41, 5.74) is 0. The molecule has 0 radical (unpaired) electrons. The zero-order valence-electron chi connectivity index (χ0n) is 40.1. The Kier molecular flexibility index (Phi) is 31.9. The van der Waals surface area contributed by atoms with Gasteiger partial charge in [-0.1, -0.05) is 137 Å². The molecule has 2 bridgehead atoms. The first-order valence-electron chi connectivity index (χ1n) is 24.5. The van der Waals surface area contributed by atoms with Gasteiger partial charge in [-0.3, -0.25) is 23.4 Å². The predicted molar refractivity (Wildman–Crippen MR) is 259 cm³/mol. The third-order valence-corrected chi connectivity index (χ3v) is 12.6. The average Bonchev–Trinajstić information content (AvgIpc) is 3.31. The molecule has 0 spiro atoms. The normalized spacial score (nSPS) is 31.0. The van der Waals surface area contributed by atoms with Crippen LogP contribution in [0.2, 0.25) is 0 Å². The minimum absolute atomic E-state index is 0.0298. The maximum Gasteiger partial charge on any atom is 0.472 e. The smallest absolute Gasteiger partial charge is 0.462 e. The Labute approximate surface area is 403 Å². The van der Waals surface area contributed by atoms with E-state index in [1.165, 1.54) is 12.2 Å². The van der Waals surface area contributed by atoms with Crippen molar-refractivity contribution in [3.05, 3.63) is 85.1 Å². The average molecular weight is 981 g/mol. The van der Waals surface area contributed by atoms with Gasteiger partial charge in [0.05, 0.1) is 31.0 Å². The monoisotopic (exact) mass is 981 g/mol. The van der Waals surface area contributed by atoms with E-state index in [9.17, 15) is 59.6 Å². The minimum Gasteiger partial charge on any atom is -0.462 e. The van der Waals surface area contributed by atoms with Crippen LogP contribution in [0.25, 0.3) is 0 Å². The minimum atomic E-state index is -5.48. The lowest BCUT2D eigenvalue weighted by molar-refractivity contribution is -0.166. The molecule has 8 N–H and O–H groups in total. The lowest BCUT2D eigenvalue weighted by Crippen LogP contribution is -2.55. The highest BCUT2D eigenvalue weighted by atomic mass is 31.2. The topological polar surface area (TPSA) is 267 Å². The lowest BCUT2D eigenvalue weighted by atomic mass is 9.83. The molecule has 1 unspecified atom stereocenters. The maximum atomic E-state index is 13.6. The third kappa shape index (κ3) is 25.5. The number of cyclic esters (lactones) is 1. The SMILES string of the molecule is CC/C=C\C/C=C\C/C=C\C/C=C\C/C=C\C/C=C\CCC(=O)O[C@@H]1COC(=O)CCCCCC[C@H]2C(=O)C[C@@H](O)[C@H](/C=C/[C@@H](O)CCCCC)[C@@H](O)[C@@H](O)[C@@H](OP(=O)(O)OC1)[C@H](O)[C@@H](O)[C@@H]2O. The Hall–Kier alpha value is -3.38. The van der Waals surface area contributed by atoms with Gasteiger partial charge in [0.25, 0.3) is 0 Å². The van der Waals surface area contributed by atoms with Crippen molar-refractivity contribution in [1.82, 2.24) is 0 Å². The molecule has 386 valence electrons. The molecule has 0 aromatic rings. The standard InChI is InChI=1S/C51H81O16P/c1-3-5-7-8-9-10-11-12-13-14-15-16-17-18-19-20-21-22-28-32-45(56)66-39-36-64-44(55)31-27-24-23-26-30-40-42(53)35-43(54)41(34-33-38(52)29-25-6-4-2)47(58)49(60)51(50(61)48(59)46(40)57)67-68(62,63)65-37-39/h5,7,9-10,12-13,15-16,18-19,21-22,33-34,38-41,43,46-52,54,57-61H,3-4,6,8,11,14,17,20,23-32,35-37H2,1-2H3,(H,62,63)/b7-5-,10-9-,13-12-,16-15-,19-18-,22-21-,34-33+/t38-,39+,40-,41-,43+,46+,47+,48-,49+,50+,51+/m0/s1. The van der Waals surface area contributed by atoms with Crippen LogP contribution in [-0.4, -0.2) is 127 Å². The summed E-state index contributed by atoms with van der Waals surface area (Å²) < 4.78 is 34.7. The van der Waals surface area contributed by atoms with E-state index in [-0.39, 0.29) is 19.3 Å². The van der Waals surface area contributed by atoms with Gasteiger partial charge in [0, 0.05) is 31.1 Å². The lowest BCUT2D eigenvalue weighted by Gasteiger charge is -2.36. The van der Waals surface area contributed by atoms with Crippen molar-refractivity contribution in [2.75, 3.05) is 13.2 Å². The van der Waals surface area contributed by atoms with Crippen molar-refractivity contribution in [2.24, 2.45) is 11.8 Å². The molecule has 16 nitrogen and oxygen atoms in total. The number of ether oxygens (including phenoxy) is 2. The van der Waals surface area contributed by atoms with E-state index >= 15 is 0 Å². The largest absolute Gasteiger partial charge is 0.472 e. The number of hydrogen-bond donors (Lipinski definition) is 8. The molecule has 1 heterocycles. The van der Waals surface area contributed by atoms with Gasteiger partial charge in [-0.2, -0.15) is 0 Å². The number of Topliss-reactive ketones (excluding diaryl/α,β-unsaturated/α-hetero) is 1. The molecule has 12 atom stereocenters. The molecular weight excluding hydrogens is 900 g/mol. The van der Waals surface area contributed by atoms with E-state index in [0.29, 0.717) is 51.4 Å². The third-order valence-electron chi connectivity index (χ3n) is 11.6. The summed E-state index contributed by atoms with van der Waals surface area (Å²) in [7, 11) is -5.48. The molecule has 2 aliphatic rings. The van der Waals surface area contributed by atoms with Crippen LogP contribution in [0.1, 0.15) is 136 Å². The molecule has 0 amide bonds. The molecule has 1 aliphatic carbocycles. The van der Waals surface area contributed by atoms with Crippen molar-refractivity contribution in [2.45, 2.75) is 191 Å². The predicted octanol–water partition coefficient (Wildman–Crippen LogP) is 6.64. The highest BCUT2D eigenvalue weighted by Crippen LogP contribution is 2.47. The van der Waals surface area contributed by atoms with Crippen molar-refractivity contribution < 1.29 is 78.1 Å². The number of phosphoric ester groups is 1. The fourth-order valence-electron chi connectivity index (χ4n) is 7.63. The molecule has 0 aromatic carbocycles. The molecule has 68 heavy (non-hydrogen) atoms. The number of ketones is 1. The summed E-state index contributed by atoms with van der Waals surface area (Å²) in [4.78, 5) is 50.1. The summed E-state index contributed by atoms with van der Waals surface area (Å²) >= 11 is 0. The van der Waals surface area contributed by atoms with Crippen LogP contribution >= 0.6 is 7.82 Å². The maximum absolute atomic E-state index is 13.6. The first-order valence-corrected chi connectivity index (χ1v) is 26.0. The summed E-state index contributed by atoms with van der Waals surface area (Å²) in [5.74, 6) is -5.03. The molecule has 2 rings (SSSR count). The van der Waals surface area contributed by atoms with E-state index in [0.717, 1.165) is 44.9 Å². The number of allylic oxidation sites excluding steroid dienone is 12. The summed E-state index contributed by atoms with van der Waals surface area (Å²) in [6, 6.07) is 0. The molecule has 2 fully saturated rings. The Balaban J connectivity index is 2.17. The van der Waals surface area contributed by atoms with Crippen molar-refractivity contribution in [1.29, 1.82) is 0 Å². The number of carbonyl (C=O) groups is 3. The van der Waals surface area contributed by atoms with Gasteiger partial charge < -0.3 is 50.1 Å². The van der Waals surface area contributed by atoms with Gasteiger partial charge in [-0.05, 0) is 64.2 Å².